The quantitative estimate of drug-likeness (QED) is 0.848. The van der Waals surface area contributed by atoms with Crippen molar-refractivity contribution in [3.05, 3.63) is 30.1 Å². The van der Waals surface area contributed by atoms with Crippen molar-refractivity contribution >= 4 is 0 Å². The zero-order chi connectivity index (χ0) is 12.1. The molecule has 0 radical (unpaired) electrons. The maximum atomic E-state index is 12.9. The fourth-order valence-electron chi connectivity index (χ4n) is 2.23. The largest absolute Gasteiger partial charge is 0.492 e. The first-order valence-electron chi connectivity index (χ1n) is 6.03. The highest BCUT2D eigenvalue weighted by molar-refractivity contribution is 5.22. The number of rotatable bonds is 5. The smallest absolute Gasteiger partial charge is 0.126 e. The molecule has 1 aromatic carbocycles. The van der Waals surface area contributed by atoms with E-state index in [9.17, 15) is 4.39 Å². The summed E-state index contributed by atoms with van der Waals surface area (Å²) in [5, 5.41) is 9.16. The van der Waals surface area contributed by atoms with E-state index in [0.717, 1.165) is 25.9 Å². The minimum absolute atomic E-state index is 0.208. The highest BCUT2D eigenvalue weighted by Crippen LogP contribution is 2.16. The second kappa shape index (κ2) is 5.98. The molecule has 1 aliphatic heterocycles. The maximum Gasteiger partial charge on any atom is 0.126 e. The van der Waals surface area contributed by atoms with Crippen molar-refractivity contribution in [1.29, 1.82) is 0 Å². The van der Waals surface area contributed by atoms with Gasteiger partial charge in [0, 0.05) is 18.7 Å². The van der Waals surface area contributed by atoms with Gasteiger partial charge in [0.2, 0.25) is 0 Å². The summed E-state index contributed by atoms with van der Waals surface area (Å²) in [6.45, 7) is 2.53. The van der Waals surface area contributed by atoms with Gasteiger partial charge in [-0.1, -0.05) is 6.07 Å². The molecular formula is C13H18FNO2. The van der Waals surface area contributed by atoms with Crippen LogP contribution in [-0.2, 0) is 0 Å². The molecule has 17 heavy (non-hydrogen) atoms. The van der Waals surface area contributed by atoms with Crippen LogP contribution >= 0.6 is 0 Å². The van der Waals surface area contributed by atoms with Crippen LogP contribution < -0.4 is 4.74 Å². The molecule has 0 aromatic heterocycles. The molecule has 1 aromatic rings. The van der Waals surface area contributed by atoms with E-state index in [-0.39, 0.29) is 18.5 Å². The Balaban J connectivity index is 1.76. The third kappa shape index (κ3) is 3.41. The zero-order valence-corrected chi connectivity index (χ0v) is 9.81. The molecule has 3 nitrogen and oxygen atoms in total. The molecule has 0 aliphatic carbocycles. The van der Waals surface area contributed by atoms with E-state index < -0.39 is 0 Å². The standard InChI is InChI=1S/C13H18FNO2/c14-11-3-1-5-13(9-11)17-8-7-15-6-2-4-12(15)10-16/h1,3,5,9,12,16H,2,4,6-8,10H2/t12-/m1/s1. The van der Waals surface area contributed by atoms with E-state index in [1.165, 1.54) is 12.1 Å². The number of nitrogens with zero attached hydrogens (tertiary/aromatic N) is 1. The number of hydrogen-bond acceptors (Lipinski definition) is 3. The number of halogens is 1. The number of likely N-dealkylation sites (tertiary alicyclic amines) is 1. The van der Waals surface area contributed by atoms with Crippen LogP contribution in [0.2, 0.25) is 0 Å². The summed E-state index contributed by atoms with van der Waals surface area (Å²) in [5.74, 6) is 0.279. The van der Waals surface area contributed by atoms with Gasteiger partial charge in [-0.2, -0.15) is 0 Å². The first kappa shape index (κ1) is 12.3. The first-order chi connectivity index (χ1) is 8.29. The summed E-state index contributed by atoms with van der Waals surface area (Å²) in [5.41, 5.74) is 0. The lowest BCUT2D eigenvalue weighted by Crippen LogP contribution is -2.35. The lowest BCUT2D eigenvalue weighted by Gasteiger charge is -2.22. The third-order valence-corrected chi connectivity index (χ3v) is 3.15. The van der Waals surface area contributed by atoms with Crippen LogP contribution in [0.15, 0.2) is 24.3 Å². The molecule has 1 saturated heterocycles. The monoisotopic (exact) mass is 239 g/mol. The van der Waals surface area contributed by atoms with E-state index in [4.69, 9.17) is 9.84 Å². The van der Waals surface area contributed by atoms with Gasteiger partial charge in [-0.25, -0.2) is 4.39 Å². The molecule has 0 spiro atoms. The second-order valence-corrected chi connectivity index (χ2v) is 4.32. The summed E-state index contributed by atoms with van der Waals surface area (Å²) < 4.78 is 18.4. The molecule has 0 saturated carbocycles. The zero-order valence-electron chi connectivity index (χ0n) is 9.81. The van der Waals surface area contributed by atoms with Gasteiger partial charge in [0.1, 0.15) is 18.2 Å². The molecule has 0 bridgehead atoms. The summed E-state index contributed by atoms with van der Waals surface area (Å²) >= 11 is 0. The van der Waals surface area contributed by atoms with Crippen LogP contribution in [0.5, 0.6) is 5.75 Å². The van der Waals surface area contributed by atoms with Gasteiger partial charge in [-0.3, -0.25) is 4.90 Å². The van der Waals surface area contributed by atoms with Gasteiger partial charge < -0.3 is 9.84 Å². The molecule has 94 valence electrons. The Morgan fingerprint density at radius 1 is 1.47 bits per heavy atom. The van der Waals surface area contributed by atoms with Gasteiger partial charge in [-0.05, 0) is 31.5 Å². The summed E-state index contributed by atoms with van der Waals surface area (Å²) in [7, 11) is 0. The molecule has 0 amide bonds. The molecule has 1 aliphatic rings. The van der Waals surface area contributed by atoms with Crippen LogP contribution in [0.1, 0.15) is 12.8 Å². The second-order valence-electron chi connectivity index (χ2n) is 4.32. The number of benzene rings is 1. The maximum absolute atomic E-state index is 12.9. The lowest BCUT2D eigenvalue weighted by atomic mass is 10.2. The van der Waals surface area contributed by atoms with E-state index >= 15 is 0 Å². The Kier molecular flexibility index (Phi) is 4.34. The Hall–Kier alpha value is -1.13. The van der Waals surface area contributed by atoms with Crippen molar-refractivity contribution in [2.75, 3.05) is 26.3 Å². The summed E-state index contributed by atoms with van der Waals surface area (Å²) in [6, 6.07) is 6.43. The van der Waals surface area contributed by atoms with Gasteiger partial charge in [0.05, 0.1) is 6.61 Å². The molecule has 1 fully saturated rings. The van der Waals surface area contributed by atoms with Crippen molar-refractivity contribution < 1.29 is 14.2 Å². The van der Waals surface area contributed by atoms with Gasteiger partial charge in [0.15, 0.2) is 0 Å². The average molecular weight is 239 g/mol. The molecule has 2 rings (SSSR count). The van der Waals surface area contributed by atoms with Crippen molar-refractivity contribution in [2.24, 2.45) is 0 Å². The Labute approximate surface area is 101 Å². The van der Waals surface area contributed by atoms with Crippen LogP contribution in [0.25, 0.3) is 0 Å². The molecule has 4 heteroatoms. The predicted octanol–water partition coefficient (Wildman–Crippen LogP) is 1.66. The fraction of sp³-hybridized carbons (Fsp3) is 0.538. The average Bonchev–Trinajstić information content (AvgIpc) is 2.77. The predicted molar refractivity (Wildman–Crippen MR) is 63.6 cm³/mol. The number of ether oxygens (including phenoxy) is 1. The minimum Gasteiger partial charge on any atom is -0.492 e. The third-order valence-electron chi connectivity index (χ3n) is 3.15. The van der Waals surface area contributed by atoms with Gasteiger partial charge in [-0.15, -0.1) is 0 Å². The first-order valence-corrected chi connectivity index (χ1v) is 6.03. The van der Waals surface area contributed by atoms with Crippen molar-refractivity contribution in [1.82, 2.24) is 4.90 Å². The number of hydrogen-bond donors (Lipinski definition) is 1. The van der Waals surface area contributed by atoms with Crippen LogP contribution in [0.3, 0.4) is 0 Å². The van der Waals surface area contributed by atoms with Crippen LogP contribution in [0, 0.1) is 5.82 Å². The molecule has 1 heterocycles. The highest BCUT2D eigenvalue weighted by Gasteiger charge is 2.22. The Bertz CT molecular complexity index is 359. The van der Waals surface area contributed by atoms with Crippen LogP contribution in [0.4, 0.5) is 4.39 Å². The van der Waals surface area contributed by atoms with E-state index in [1.54, 1.807) is 12.1 Å². The van der Waals surface area contributed by atoms with Crippen molar-refractivity contribution in [3.63, 3.8) is 0 Å². The number of aliphatic hydroxyl groups excluding tert-OH is 1. The molecular weight excluding hydrogens is 221 g/mol. The van der Waals surface area contributed by atoms with Gasteiger partial charge in [0.25, 0.3) is 0 Å². The summed E-state index contributed by atoms with van der Waals surface area (Å²) in [4.78, 5) is 2.22. The normalized spacial score (nSPS) is 20.7. The topological polar surface area (TPSA) is 32.7 Å². The van der Waals surface area contributed by atoms with Crippen molar-refractivity contribution in [3.8, 4) is 5.75 Å². The van der Waals surface area contributed by atoms with Crippen molar-refractivity contribution in [2.45, 2.75) is 18.9 Å². The summed E-state index contributed by atoms with van der Waals surface area (Å²) in [6.07, 6.45) is 2.18. The minimum atomic E-state index is -0.281. The Morgan fingerprint density at radius 2 is 2.35 bits per heavy atom. The fourth-order valence-corrected chi connectivity index (χ4v) is 2.23. The van der Waals surface area contributed by atoms with Gasteiger partial charge >= 0.3 is 0 Å². The molecule has 1 N–H and O–H groups in total. The SMILES string of the molecule is OC[C@H]1CCCN1CCOc1cccc(F)c1. The lowest BCUT2D eigenvalue weighted by molar-refractivity contribution is 0.139. The number of aliphatic hydroxyl groups is 1. The van der Waals surface area contributed by atoms with Crippen LogP contribution in [-0.4, -0.2) is 42.4 Å². The van der Waals surface area contributed by atoms with E-state index in [2.05, 4.69) is 4.90 Å². The molecule has 1 atom stereocenters. The molecule has 0 unspecified atom stereocenters. The Morgan fingerprint density at radius 3 is 3.12 bits per heavy atom. The highest BCUT2D eigenvalue weighted by atomic mass is 19.1. The van der Waals surface area contributed by atoms with E-state index in [0.29, 0.717) is 12.4 Å². The van der Waals surface area contributed by atoms with E-state index in [1.807, 2.05) is 0 Å².